The number of hydrazine groups is 1. The first-order valence-electron chi connectivity index (χ1n) is 5.38. The van der Waals surface area contributed by atoms with Crippen LogP contribution in [0.4, 0.5) is 4.79 Å². The summed E-state index contributed by atoms with van der Waals surface area (Å²) >= 11 is 0. The van der Waals surface area contributed by atoms with E-state index in [2.05, 4.69) is 12.0 Å². The van der Waals surface area contributed by atoms with Crippen LogP contribution < -0.4 is 16.6 Å². The number of nitrogens with one attached hydrogen (secondary N) is 2. The van der Waals surface area contributed by atoms with E-state index < -0.39 is 6.03 Å². The fourth-order valence-corrected chi connectivity index (χ4v) is 1.23. The Balaban J connectivity index is 3.88. The lowest BCUT2D eigenvalue weighted by Crippen LogP contribution is -2.44. The van der Waals surface area contributed by atoms with Crippen LogP contribution >= 0.6 is 0 Å². The second-order valence-electron chi connectivity index (χ2n) is 3.37. The van der Waals surface area contributed by atoms with Crippen molar-refractivity contribution in [1.82, 2.24) is 10.9 Å². The van der Waals surface area contributed by atoms with Gasteiger partial charge in [0, 0.05) is 6.42 Å². The Morgan fingerprint density at radius 1 is 1.29 bits per heavy atom. The summed E-state index contributed by atoms with van der Waals surface area (Å²) in [6.07, 6.45) is 9.32. The number of allylic oxidation sites excluding steroid dienone is 5. The Kier molecular flexibility index (Phi) is 8.10. The zero-order chi connectivity index (χ0) is 13.1. The van der Waals surface area contributed by atoms with Crippen LogP contribution in [0.1, 0.15) is 26.2 Å². The zero-order valence-electron chi connectivity index (χ0n) is 10.0. The number of primary amides is 1. The van der Waals surface area contributed by atoms with E-state index in [0.717, 1.165) is 12.0 Å². The van der Waals surface area contributed by atoms with Crippen molar-refractivity contribution in [2.45, 2.75) is 26.2 Å². The number of hydrogen-bond donors (Lipinski definition) is 3. The maximum Gasteiger partial charge on any atom is 0.330 e. The standard InChI is InChI=1S/C12H19N3O2/c1-3-6-10(7-4-2)8-5-9-11(16)14-15-12(13)17/h3-4,6-7H,1,5,8-9H2,2H3,(H,14,16)(H3,13,15,17)/b7-4-,10-6+. The summed E-state index contributed by atoms with van der Waals surface area (Å²) in [5, 5.41) is 0. The molecular weight excluding hydrogens is 218 g/mol. The van der Waals surface area contributed by atoms with Crippen molar-refractivity contribution in [2.75, 3.05) is 0 Å². The molecule has 5 nitrogen and oxygen atoms in total. The van der Waals surface area contributed by atoms with Crippen LogP contribution in [0.15, 0.2) is 36.5 Å². The quantitative estimate of drug-likeness (QED) is 0.483. The largest absolute Gasteiger partial charge is 0.350 e. The van der Waals surface area contributed by atoms with Gasteiger partial charge in [0.1, 0.15) is 0 Å². The SMILES string of the molecule is C=C/C=C(\C=C/C)CCCC(=O)NNC(N)=O. The molecule has 0 atom stereocenters. The van der Waals surface area contributed by atoms with Crippen molar-refractivity contribution in [3.63, 3.8) is 0 Å². The minimum Gasteiger partial charge on any atom is -0.350 e. The van der Waals surface area contributed by atoms with Gasteiger partial charge in [0.15, 0.2) is 0 Å². The Labute approximate surface area is 101 Å². The smallest absolute Gasteiger partial charge is 0.330 e. The van der Waals surface area contributed by atoms with Gasteiger partial charge in [0.05, 0.1) is 0 Å². The summed E-state index contributed by atoms with van der Waals surface area (Å²) in [5.41, 5.74) is 10.1. The summed E-state index contributed by atoms with van der Waals surface area (Å²) in [4.78, 5) is 21.5. The number of rotatable bonds is 6. The Hall–Kier alpha value is -2.04. The molecule has 17 heavy (non-hydrogen) atoms. The van der Waals surface area contributed by atoms with Gasteiger partial charge in [-0.25, -0.2) is 10.2 Å². The first-order valence-corrected chi connectivity index (χ1v) is 5.38. The predicted molar refractivity (Wildman–Crippen MR) is 67.8 cm³/mol. The lowest BCUT2D eigenvalue weighted by Gasteiger charge is -2.05. The molecule has 0 aromatic heterocycles. The molecule has 0 bridgehead atoms. The molecule has 0 unspecified atom stereocenters. The van der Waals surface area contributed by atoms with E-state index in [9.17, 15) is 9.59 Å². The molecule has 0 saturated carbocycles. The topological polar surface area (TPSA) is 84.2 Å². The Bertz CT molecular complexity index is 333. The molecule has 0 aromatic rings. The zero-order valence-corrected chi connectivity index (χ0v) is 10.0. The maximum absolute atomic E-state index is 11.2. The first-order chi connectivity index (χ1) is 8.10. The van der Waals surface area contributed by atoms with Gasteiger partial charge < -0.3 is 5.73 Å². The summed E-state index contributed by atoms with van der Waals surface area (Å²) < 4.78 is 0. The molecule has 0 rings (SSSR count). The van der Waals surface area contributed by atoms with Crippen molar-refractivity contribution in [3.8, 4) is 0 Å². The van der Waals surface area contributed by atoms with E-state index in [1.807, 2.05) is 30.6 Å². The summed E-state index contributed by atoms with van der Waals surface area (Å²) in [6.45, 7) is 5.55. The molecule has 5 heteroatoms. The third-order valence-electron chi connectivity index (χ3n) is 1.91. The van der Waals surface area contributed by atoms with E-state index in [-0.39, 0.29) is 5.91 Å². The van der Waals surface area contributed by atoms with Crippen molar-refractivity contribution in [2.24, 2.45) is 5.73 Å². The molecule has 0 aromatic carbocycles. The number of urea groups is 1. The number of hydrogen-bond acceptors (Lipinski definition) is 2. The number of carbonyl (C=O) groups excluding carboxylic acids is 2. The van der Waals surface area contributed by atoms with Crippen molar-refractivity contribution in [1.29, 1.82) is 0 Å². The fraction of sp³-hybridized carbons (Fsp3) is 0.333. The number of carbonyl (C=O) groups is 2. The number of amides is 3. The first kappa shape index (κ1) is 15.0. The van der Waals surface area contributed by atoms with Gasteiger partial charge in [-0.05, 0) is 25.3 Å². The van der Waals surface area contributed by atoms with Crippen molar-refractivity contribution >= 4 is 11.9 Å². The monoisotopic (exact) mass is 237 g/mol. The molecule has 0 aliphatic rings. The lowest BCUT2D eigenvalue weighted by atomic mass is 10.1. The highest BCUT2D eigenvalue weighted by molar-refractivity contribution is 5.80. The van der Waals surface area contributed by atoms with E-state index >= 15 is 0 Å². The van der Waals surface area contributed by atoms with Crippen LogP contribution in [-0.4, -0.2) is 11.9 Å². The molecule has 4 N–H and O–H groups in total. The van der Waals surface area contributed by atoms with E-state index in [4.69, 9.17) is 5.73 Å². The second-order valence-corrected chi connectivity index (χ2v) is 3.37. The van der Waals surface area contributed by atoms with Crippen LogP contribution in [-0.2, 0) is 4.79 Å². The highest BCUT2D eigenvalue weighted by atomic mass is 16.2. The minimum atomic E-state index is -0.778. The highest BCUT2D eigenvalue weighted by Crippen LogP contribution is 2.09. The van der Waals surface area contributed by atoms with Gasteiger partial charge in [-0.15, -0.1) is 0 Å². The van der Waals surface area contributed by atoms with Gasteiger partial charge >= 0.3 is 6.03 Å². The third kappa shape index (κ3) is 8.92. The molecule has 0 aliphatic heterocycles. The maximum atomic E-state index is 11.2. The average molecular weight is 237 g/mol. The minimum absolute atomic E-state index is 0.262. The highest BCUT2D eigenvalue weighted by Gasteiger charge is 2.01. The summed E-state index contributed by atoms with van der Waals surface area (Å²) in [6, 6.07) is -0.778. The van der Waals surface area contributed by atoms with E-state index in [1.165, 1.54) is 0 Å². The Morgan fingerprint density at radius 3 is 2.53 bits per heavy atom. The van der Waals surface area contributed by atoms with Crippen molar-refractivity contribution in [3.05, 3.63) is 36.5 Å². The van der Waals surface area contributed by atoms with Gasteiger partial charge in [0.25, 0.3) is 0 Å². The molecule has 0 heterocycles. The van der Waals surface area contributed by atoms with Crippen LogP contribution in [0.2, 0.25) is 0 Å². The van der Waals surface area contributed by atoms with Crippen molar-refractivity contribution < 1.29 is 9.59 Å². The Morgan fingerprint density at radius 2 is 2.00 bits per heavy atom. The van der Waals surface area contributed by atoms with Gasteiger partial charge in [-0.2, -0.15) is 0 Å². The lowest BCUT2D eigenvalue weighted by molar-refractivity contribution is -0.121. The van der Waals surface area contributed by atoms with E-state index in [0.29, 0.717) is 12.8 Å². The molecule has 0 aliphatic carbocycles. The van der Waals surface area contributed by atoms with Gasteiger partial charge in [0.2, 0.25) is 5.91 Å². The third-order valence-corrected chi connectivity index (χ3v) is 1.91. The molecular formula is C12H19N3O2. The number of nitrogens with two attached hydrogens (primary N) is 1. The fourth-order valence-electron chi connectivity index (χ4n) is 1.23. The van der Waals surface area contributed by atoms with Gasteiger partial charge in [-0.1, -0.05) is 30.9 Å². The van der Waals surface area contributed by atoms with E-state index in [1.54, 1.807) is 6.08 Å². The molecule has 0 radical (unpaired) electrons. The van der Waals surface area contributed by atoms with Gasteiger partial charge in [-0.3, -0.25) is 10.2 Å². The average Bonchev–Trinajstić information content (AvgIpc) is 2.27. The van der Waals surface area contributed by atoms with Crippen LogP contribution in [0.25, 0.3) is 0 Å². The molecule has 0 spiro atoms. The van der Waals surface area contributed by atoms with Crippen LogP contribution in [0, 0.1) is 0 Å². The molecule has 0 saturated heterocycles. The normalized spacial score (nSPS) is 11.2. The summed E-state index contributed by atoms with van der Waals surface area (Å²) in [7, 11) is 0. The molecule has 0 fully saturated rings. The van der Waals surface area contributed by atoms with Crippen LogP contribution in [0.5, 0.6) is 0 Å². The van der Waals surface area contributed by atoms with Crippen LogP contribution in [0.3, 0.4) is 0 Å². The molecule has 94 valence electrons. The predicted octanol–water partition coefficient (Wildman–Crippen LogP) is 1.54. The second kappa shape index (κ2) is 9.21. The molecule has 3 amide bonds. The summed E-state index contributed by atoms with van der Waals surface area (Å²) in [5.74, 6) is -0.262.